The van der Waals surface area contributed by atoms with Crippen LogP contribution in [0, 0.1) is 0 Å². The molecule has 0 fully saturated rings. The van der Waals surface area contributed by atoms with Crippen molar-refractivity contribution >= 4 is 27.0 Å². The molecular formula is C11H14BrN3O. The molecule has 4 nitrogen and oxygen atoms in total. The van der Waals surface area contributed by atoms with Crippen LogP contribution in [0.5, 0.6) is 0 Å². The molecule has 0 aliphatic carbocycles. The number of halogens is 1. The molecule has 3 N–H and O–H groups in total. The molecule has 0 aliphatic heterocycles. The van der Waals surface area contributed by atoms with Crippen LogP contribution in [-0.2, 0) is 7.05 Å². The summed E-state index contributed by atoms with van der Waals surface area (Å²) < 4.78 is 2.97. The average molecular weight is 284 g/mol. The van der Waals surface area contributed by atoms with E-state index in [2.05, 4.69) is 20.9 Å². The van der Waals surface area contributed by atoms with Crippen LogP contribution in [0.2, 0.25) is 0 Å². The van der Waals surface area contributed by atoms with Gasteiger partial charge in [0.15, 0.2) is 0 Å². The second-order valence-corrected chi connectivity index (χ2v) is 4.70. The van der Waals surface area contributed by atoms with Crippen LogP contribution in [0.15, 0.2) is 22.7 Å². The van der Waals surface area contributed by atoms with E-state index in [0.29, 0.717) is 6.42 Å². The number of aliphatic hydroxyl groups is 1. The van der Waals surface area contributed by atoms with Gasteiger partial charge in [-0.15, -0.1) is 0 Å². The third kappa shape index (κ3) is 1.98. The molecule has 0 bridgehead atoms. The molecule has 86 valence electrons. The number of imidazole rings is 1. The lowest BCUT2D eigenvalue weighted by Gasteiger charge is -2.09. The van der Waals surface area contributed by atoms with E-state index in [1.165, 1.54) is 0 Å². The fourth-order valence-electron chi connectivity index (χ4n) is 1.79. The predicted molar refractivity (Wildman–Crippen MR) is 67.0 cm³/mol. The van der Waals surface area contributed by atoms with E-state index in [1.807, 2.05) is 29.8 Å². The Morgan fingerprint density at radius 1 is 1.56 bits per heavy atom. The van der Waals surface area contributed by atoms with Crippen molar-refractivity contribution in [3.8, 4) is 0 Å². The molecule has 1 unspecified atom stereocenters. The van der Waals surface area contributed by atoms with Gasteiger partial charge in [0.1, 0.15) is 5.82 Å². The van der Waals surface area contributed by atoms with Gasteiger partial charge < -0.3 is 15.4 Å². The van der Waals surface area contributed by atoms with Crippen molar-refractivity contribution in [1.29, 1.82) is 0 Å². The summed E-state index contributed by atoms with van der Waals surface area (Å²) in [7, 11) is 1.94. The first-order valence-electron chi connectivity index (χ1n) is 5.12. The number of rotatable bonds is 3. The van der Waals surface area contributed by atoms with Gasteiger partial charge in [-0.2, -0.15) is 0 Å². The lowest BCUT2D eigenvalue weighted by atomic mass is 10.2. The Kier molecular flexibility index (Phi) is 3.28. The number of aromatic nitrogens is 2. The van der Waals surface area contributed by atoms with E-state index < -0.39 is 0 Å². The molecule has 1 aromatic heterocycles. The summed E-state index contributed by atoms with van der Waals surface area (Å²) in [5.74, 6) is 0.808. The van der Waals surface area contributed by atoms with Gasteiger partial charge >= 0.3 is 0 Å². The zero-order valence-electron chi connectivity index (χ0n) is 9.02. The topological polar surface area (TPSA) is 64.1 Å². The Balaban J connectivity index is 2.51. The number of aliphatic hydroxyl groups excluding tert-OH is 1. The Bertz CT molecular complexity index is 509. The number of benzene rings is 1. The zero-order valence-corrected chi connectivity index (χ0v) is 10.6. The van der Waals surface area contributed by atoms with Gasteiger partial charge in [-0.1, -0.05) is 15.9 Å². The molecule has 2 rings (SSSR count). The third-order valence-corrected chi connectivity index (χ3v) is 3.14. The highest BCUT2D eigenvalue weighted by molar-refractivity contribution is 9.10. The van der Waals surface area contributed by atoms with Crippen LogP contribution >= 0.6 is 15.9 Å². The molecule has 0 saturated carbocycles. The van der Waals surface area contributed by atoms with Gasteiger partial charge in [-0.05, 0) is 24.6 Å². The van der Waals surface area contributed by atoms with Crippen molar-refractivity contribution in [3.05, 3.63) is 28.5 Å². The first-order valence-corrected chi connectivity index (χ1v) is 5.91. The monoisotopic (exact) mass is 283 g/mol. The molecule has 0 saturated heterocycles. The first kappa shape index (κ1) is 11.6. The van der Waals surface area contributed by atoms with Crippen LogP contribution in [0.25, 0.3) is 11.0 Å². The van der Waals surface area contributed by atoms with Gasteiger partial charge in [-0.25, -0.2) is 4.98 Å². The highest BCUT2D eigenvalue weighted by atomic mass is 79.9. The van der Waals surface area contributed by atoms with E-state index >= 15 is 0 Å². The van der Waals surface area contributed by atoms with Crippen LogP contribution in [-0.4, -0.2) is 21.3 Å². The minimum Gasteiger partial charge on any atom is -0.396 e. The molecule has 16 heavy (non-hydrogen) atoms. The minimum absolute atomic E-state index is 0.0774. The number of aryl methyl sites for hydroxylation is 1. The molecule has 1 atom stereocenters. The van der Waals surface area contributed by atoms with Gasteiger partial charge in [0.25, 0.3) is 0 Å². The normalized spacial score (nSPS) is 13.2. The smallest absolute Gasteiger partial charge is 0.126 e. The standard InChI is InChI=1S/C11H14BrN3O/c1-15-10-3-2-7(12)6-9(10)14-11(15)8(13)4-5-16/h2-3,6,8,16H,4-5,13H2,1H3. The Morgan fingerprint density at radius 3 is 3.00 bits per heavy atom. The van der Waals surface area contributed by atoms with Crippen molar-refractivity contribution in [2.45, 2.75) is 12.5 Å². The summed E-state index contributed by atoms with van der Waals surface area (Å²) in [6.45, 7) is 0.0774. The summed E-state index contributed by atoms with van der Waals surface area (Å²) >= 11 is 3.41. The number of nitrogens with two attached hydrogens (primary N) is 1. The second-order valence-electron chi connectivity index (χ2n) is 3.78. The SMILES string of the molecule is Cn1c(C(N)CCO)nc2cc(Br)ccc21. The molecule has 1 aromatic carbocycles. The largest absolute Gasteiger partial charge is 0.396 e. The van der Waals surface area contributed by atoms with E-state index in [1.54, 1.807) is 0 Å². The number of nitrogens with zero attached hydrogens (tertiary/aromatic N) is 2. The van der Waals surface area contributed by atoms with Crippen LogP contribution in [0.1, 0.15) is 18.3 Å². The second kappa shape index (κ2) is 4.53. The number of fused-ring (bicyclic) bond motifs is 1. The van der Waals surface area contributed by atoms with Crippen LogP contribution in [0.4, 0.5) is 0 Å². The molecule has 1 heterocycles. The average Bonchev–Trinajstić information content (AvgIpc) is 2.56. The van der Waals surface area contributed by atoms with Gasteiger partial charge in [0, 0.05) is 18.1 Å². The number of hydrogen-bond donors (Lipinski definition) is 2. The van der Waals surface area contributed by atoms with Crippen molar-refractivity contribution < 1.29 is 5.11 Å². The maximum atomic E-state index is 8.88. The maximum Gasteiger partial charge on any atom is 0.126 e. The molecule has 2 aromatic rings. The van der Waals surface area contributed by atoms with Crippen molar-refractivity contribution in [1.82, 2.24) is 9.55 Å². The molecule has 0 radical (unpaired) electrons. The summed E-state index contributed by atoms with van der Waals surface area (Å²) in [5.41, 5.74) is 7.92. The fourth-order valence-corrected chi connectivity index (χ4v) is 2.14. The third-order valence-electron chi connectivity index (χ3n) is 2.65. The molecule has 0 spiro atoms. The quantitative estimate of drug-likeness (QED) is 0.902. The van der Waals surface area contributed by atoms with Crippen molar-refractivity contribution in [3.63, 3.8) is 0 Å². The lowest BCUT2D eigenvalue weighted by molar-refractivity contribution is 0.274. The van der Waals surface area contributed by atoms with Gasteiger partial charge in [-0.3, -0.25) is 0 Å². The fraction of sp³-hybridized carbons (Fsp3) is 0.364. The highest BCUT2D eigenvalue weighted by Crippen LogP contribution is 2.23. The molecular weight excluding hydrogens is 270 g/mol. The maximum absolute atomic E-state index is 8.88. The number of hydrogen-bond acceptors (Lipinski definition) is 3. The van der Waals surface area contributed by atoms with Crippen LogP contribution in [0.3, 0.4) is 0 Å². The van der Waals surface area contributed by atoms with E-state index in [-0.39, 0.29) is 12.6 Å². The predicted octanol–water partition coefficient (Wildman–Crippen LogP) is 1.72. The lowest BCUT2D eigenvalue weighted by Crippen LogP contribution is -2.16. The van der Waals surface area contributed by atoms with E-state index in [0.717, 1.165) is 21.3 Å². The first-order chi connectivity index (χ1) is 7.63. The van der Waals surface area contributed by atoms with Crippen LogP contribution < -0.4 is 5.73 Å². The summed E-state index contributed by atoms with van der Waals surface area (Å²) in [5, 5.41) is 8.88. The summed E-state index contributed by atoms with van der Waals surface area (Å²) in [6, 6.07) is 5.72. The molecule has 0 aliphatic rings. The summed E-state index contributed by atoms with van der Waals surface area (Å²) in [6.07, 6.45) is 0.526. The van der Waals surface area contributed by atoms with Crippen molar-refractivity contribution in [2.24, 2.45) is 12.8 Å². The summed E-state index contributed by atoms with van der Waals surface area (Å²) in [4.78, 5) is 4.49. The Morgan fingerprint density at radius 2 is 2.31 bits per heavy atom. The Labute approximate surface area is 102 Å². The Hall–Kier alpha value is -0.910. The van der Waals surface area contributed by atoms with E-state index in [4.69, 9.17) is 10.8 Å². The van der Waals surface area contributed by atoms with Crippen molar-refractivity contribution in [2.75, 3.05) is 6.61 Å². The highest BCUT2D eigenvalue weighted by Gasteiger charge is 2.14. The minimum atomic E-state index is -0.221. The van der Waals surface area contributed by atoms with Gasteiger partial charge in [0.2, 0.25) is 0 Å². The zero-order chi connectivity index (χ0) is 11.7. The van der Waals surface area contributed by atoms with E-state index in [9.17, 15) is 0 Å². The molecule has 0 amide bonds. The molecule has 5 heteroatoms. The van der Waals surface area contributed by atoms with Gasteiger partial charge in [0.05, 0.1) is 17.1 Å².